The van der Waals surface area contributed by atoms with Gasteiger partial charge in [0, 0.05) is 74.8 Å². The fourth-order valence-electron chi connectivity index (χ4n) is 7.97. The predicted octanol–water partition coefficient (Wildman–Crippen LogP) is 6.14. The molecule has 0 bridgehead atoms. The van der Waals surface area contributed by atoms with Crippen LogP contribution in [0.15, 0.2) is 79.5 Å². The van der Waals surface area contributed by atoms with Crippen LogP contribution in [0, 0.1) is 0 Å². The maximum atomic E-state index is 14.0. The largest absolute Gasteiger partial charge is 0.494 e. The van der Waals surface area contributed by atoms with Gasteiger partial charge in [0.15, 0.2) is 0 Å². The molecule has 0 radical (unpaired) electrons. The number of methoxy groups -OCH3 is 1. The second-order valence-electron chi connectivity index (χ2n) is 15.9. The van der Waals surface area contributed by atoms with E-state index in [1.807, 2.05) is 11.0 Å². The Morgan fingerprint density at radius 2 is 1.60 bits per heavy atom. The number of anilines is 7. The summed E-state index contributed by atoms with van der Waals surface area (Å²) in [5.41, 5.74) is 0.920. The number of amides is 7. The molecule has 2 saturated heterocycles. The van der Waals surface area contributed by atoms with Gasteiger partial charge in [-0.15, -0.1) is 0 Å². The van der Waals surface area contributed by atoms with Crippen LogP contribution >= 0.6 is 0 Å². The van der Waals surface area contributed by atoms with Gasteiger partial charge < -0.3 is 35.8 Å². The highest BCUT2D eigenvalue weighted by atomic mass is 19.4. The summed E-state index contributed by atoms with van der Waals surface area (Å²) in [5, 5.41) is 13.1. The summed E-state index contributed by atoms with van der Waals surface area (Å²) in [6.07, 6.45) is 0.0433. The third-order valence-electron chi connectivity index (χ3n) is 11.4. The molecule has 3 aromatic carbocycles. The number of ether oxygens (including phenoxy) is 1. The zero-order valence-electron chi connectivity index (χ0n) is 36.3. The van der Waals surface area contributed by atoms with E-state index in [0.29, 0.717) is 81.6 Å². The lowest BCUT2D eigenvalue weighted by molar-refractivity contribution is -0.138. The number of imide groups is 2. The summed E-state index contributed by atoms with van der Waals surface area (Å²) in [6, 6.07) is 14.8. The van der Waals surface area contributed by atoms with Gasteiger partial charge >= 0.3 is 6.18 Å². The standard InChI is InChI=1S/C46H47F3N10O8/c1-3-36(60)51-27-10-8-11-28(24-27)52-41-31(46(47,48)49)26-50-45(56-41)54-32-17-16-29(25-35(32)67-2)57-20-22-58(23-21-57)39(63)15-7-5-4-6-14-37(61)53-33-13-9-12-30-40(33)44(66)59(43(30)65)34-18-19-38(62)55-42(34)64/h3,8-13,16-17,24-26,34H,1,4-7,14-15,18-23H2,2H3,(H,51,60)(H,53,61)(H,55,62,64)(H2,50,52,54,56). The van der Waals surface area contributed by atoms with Gasteiger partial charge in [0.2, 0.25) is 35.5 Å². The molecule has 0 saturated carbocycles. The Morgan fingerprint density at radius 3 is 2.31 bits per heavy atom. The average Bonchev–Trinajstić information content (AvgIpc) is 3.56. The summed E-state index contributed by atoms with van der Waals surface area (Å²) in [5.74, 6) is -3.65. The van der Waals surface area contributed by atoms with Crippen molar-refractivity contribution in [3.8, 4) is 5.75 Å². The first-order chi connectivity index (χ1) is 32.1. The predicted molar refractivity (Wildman–Crippen MR) is 240 cm³/mol. The number of alkyl halides is 3. The van der Waals surface area contributed by atoms with E-state index in [2.05, 4.69) is 48.0 Å². The molecule has 5 N–H and O–H groups in total. The smallest absolute Gasteiger partial charge is 0.421 e. The number of nitrogens with one attached hydrogen (secondary N) is 5. The van der Waals surface area contributed by atoms with Gasteiger partial charge in [-0.05, 0) is 67.8 Å². The molecular formula is C46H47F3N10O8. The molecular weight excluding hydrogens is 878 g/mol. The fourth-order valence-corrected chi connectivity index (χ4v) is 7.97. The van der Waals surface area contributed by atoms with Crippen molar-refractivity contribution in [1.82, 2.24) is 25.1 Å². The monoisotopic (exact) mass is 924 g/mol. The maximum absolute atomic E-state index is 14.0. The molecule has 7 rings (SSSR count). The lowest BCUT2D eigenvalue weighted by Gasteiger charge is -2.36. The minimum Gasteiger partial charge on any atom is -0.494 e. The van der Waals surface area contributed by atoms with Crippen LogP contribution in [0.5, 0.6) is 5.75 Å². The summed E-state index contributed by atoms with van der Waals surface area (Å²) < 4.78 is 47.6. The van der Waals surface area contributed by atoms with Crippen molar-refractivity contribution in [1.29, 1.82) is 0 Å². The van der Waals surface area contributed by atoms with Crippen molar-refractivity contribution >= 4 is 81.6 Å². The average molecular weight is 925 g/mol. The van der Waals surface area contributed by atoms with E-state index in [9.17, 15) is 46.7 Å². The Balaban J connectivity index is 0.851. The number of unbranched alkanes of at least 4 members (excludes halogenated alkanes) is 3. The van der Waals surface area contributed by atoms with Crippen LogP contribution in [0.4, 0.5) is 53.4 Å². The number of aromatic nitrogens is 2. The third-order valence-corrected chi connectivity index (χ3v) is 11.4. The first-order valence-corrected chi connectivity index (χ1v) is 21.5. The number of rotatable bonds is 17. The molecule has 21 heteroatoms. The molecule has 18 nitrogen and oxygen atoms in total. The van der Waals surface area contributed by atoms with Crippen LogP contribution in [0.2, 0.25) is 0 Å². The zero-order chi connectivity index (χ0) is 47.8. The molecule has 4 aromatic rings. The molecule has 7 amide bonds. The van der Waals surface area contributed by atoms with Crippen molar-refractivity contribution in [2.75, 3.05) is 59.5 Å². The minimum absolute atomic E-state index is 0.00569. The van der Waals surface area contributed by atoms with E-state index in [0.717, 1.165) is 16.7 Å². The van der Waals surface area contributed by atoms with Crippen molar-refractivity contribution < 1.29 is 51.5 Å². The number of carbonyl (C=O) groups excluding carboxylic acids is 7. The topological polar surface area (TPSA) is 224 Å². The molecule has 1 unspecified atom stereocenters. The molecule has 3 aliphatic rings. The van der Waals surface area contributed by atoms with Crippen LogP contribution in [0.1, 0.15) is 77.6 Å². The maximum Gasteiger partial charge on any atom is 0.421 e. The second-order valence-corrected chi connectivity index (χ2v) is 15.9. The van der Waals surface area contributed by atoms with Gasteiger partial charge in [0.1, 0.15) is 23.2 Å². The molecule has 2 fully saturated rings. The van der Waals surface area contributed by atoms with Crippen molar-refractivity contribution in [3.63, 3.8) is 0 Å². The van der Waals surface area contributed by atoms with Crippen molar-refractivity contribution in [3.05, 3.63) is 96.2 Å². The quantitative estimate of drug-likeness (QED) is 0.0456. The fraction of sp³-hybridized carbons (Fsp3) is 0.326. The molecule has 1 aromatic heterocycles. The lowest BCUT2D eigenvalue weighted by Crippen LogP contribution is -2.54. The Morgan fingerprint density at radius 1 is 0.866 bits per heavy atom. The number of carbonyl (C=O) groups is 7. The van der Waals surface area contributed by atoms with Crippen LogP contribution in [0.3, 0.4) is 0 Å². The van der Waals surface area contributed by atoms with Crippen LogP contribution < -0.4 is 36.2 Å². The van der Waals surface area contributed by atoms with Crippen LogP contribution in [-0.4, -0.2) is 100 Å². The van der Waals surface area contributed by atoms with E-state index < -0.39 is 53.1 Å². The van der Waals surface area contributed by atoms with E-state index in [4.69, 9.17) is 4.74 Å². The molecule has 0 aliphatic carbocycles. The third kappa shape index (κ3) is 11.2. The molecule has 0 spiro atoms. The van der Waals surface area contributed by atoms with E-state index in [-0.39, 0.29) is 59.5 Å². The number of piperazine rings is 1. The van der Waals surface area contributed by atoms with Gasteiger partial charge in [0.05, 0.1) is 29.6 Å². The Bertz CT molecular complexity index is 2620. The highest BCUT2D eigenvalue weighted by Gasteiger charge is 2.46. The summed E-state index contributed by atoms with van der Waals surface area (Å²) in [4.78, 5) is 101. The molecule has 67 heavy (non-hydrogen) atoms. The van der Waals surface area contributed by atoms with Gasteiger partial charge in [0.25, 0.3) is 11.8 Å². The summed E-state index contributed by atoms with van der Waals surface area (Å²) in [6.45, 7) is 5.46. The number of piperidine rings is 1. The molecule has 4 heterocycles. The second kappa shape index (κ2) is 20.6. The van der Waals surface area contributed by atoms with Crippen LogP contribution in [0.25, 0.3) is 0 Å². The van der Waals surface area contributed by atoms with Gasteiger partial charge in [-0.25, -0.2) is 4.98 Å². The van der Waals surface area contributed by atoms with Crippen molar-refractivity contribution in [2.24, 2.45) is 0 Å². The zero-order valence-corrected chi connectivity index (χ0v) is 36.3. The summed E-state index contributed by atoms with van der Waals surface area (Å²) >= 11 is 0. The molecule has 1 atom stereocenters. The first-order valence-electron chi connectivity index (χ1n) is 21.5. The van der Waals surface area contributed by atoms with Crippen LogP contribution in [-0.2, 0) is 30.1 Å². The number of hydrogen-bond donors (Lipinski definition) is 5. The first kappa shape index (κ1) is 47.1. The highest BCUT2D eigenvalue weighted by Crippen LogP contribution is 2.38. The molecule has 3 aliphatic heterocycles. The number of fused-ring (bicyclic) bond motifs is 1. The van der Waals surface area contributed by atoms with Gasteiger partial charge in [-0.1, -0.05) is 31.6 Å². The number of benzene rings is 3. The van der Waals surface area contributed by atoms with E-state index in [1.165, 1.54) is 31.4 Å². The number of hydrogen-bond acceptors (Lipinski definition) is 13. The van der Waals surface area contributed by atoms with Gasteiger partial charge in [-0.3, -0.25) is 43.8 Å². The number of halogens is 3. The number of nitrogens with zero attached hydrogens (tertiary/aromatic N) is 5. The van der Waals surface area contributed by atoms with E-state index in [1.54, 1.807) is 30.3 Å². The minimum atomic E-state index is -4.77. The Labute approximate surface area is 382 Å². The van der Waals surface area contributed by atoms with E-state index >= 15 is 0 Å². The normalized spacial score (nSPS) is 16.0. The Hall–Kier alpha value is -7.84. The summed E-state index contributed by atoms with van der Waals surface area (Å²) in [7, 11) is 1.46. The van der Waals surface area contributed by atoms with Crippen molar-refractivity contribution in [2.45, 2.75) is 63.6 Å². The lowest BCUT2D eigenvalue weighted by atomic mass is 10.0. The van der Waals surface area contributed by atoms with Gasteiger partial charge in [-0.2, -0.15) is 18.2 Å². The SMILES string of the molecule is C=CC(=O)Nc1cccc(Nc2nc(Nc3ccc(N4CCN(C(=O)CCCCCCC(=O)Nc5cccc6c5C(=O)N(C5CCC(=O)NC5=O)C6=O)CC4)cc3OC)ncc2C(F)(F)F)c1. The highest BCUT2D eigenvalue weighted by molar-refractivity contribution is 6.26. The molecule has 350 valence electrons. The Kier molecular flexibility index (Phi) is 14.5.